The highest BCUT2D eigenvalue weighted by atomic mass is 32.2. The van der Waals surface area contributed by atoms with Crippen LogP contribution in [0.1, 0.15) is 18.9 Å². The average molecular weight is 288 g/mol. The second-order valence-corrected chi connectivity index (χ2v) is 4.66. The molecule has 1 aromatic carbocycles. The summed E-state index contributed by atoms with van der Waals surface area (Å²) >= 11 is 1.10. The molecule has 2 nitrogen and oxygen atoms in total. The zero-order valence-electron chi connectivity index (χ0n) is 10.1. The number of carbonyl (C=O) groups is 1. The summed E-state index contributed by atoms with van der Waals surface area (Å²) in [6.45, 7) is -1.60. The molecule has 6 heteroatoms. The van der Waals surface area contributed by atoms with E-state index in [2.05, 4.69) is 16.6 Å². The van der Waals surface area contributed by atoms with Gasteiger partial charge in [0.05, 0.1) is 0 Å². The van der Waals surface area contributed by atoms with Crippen molar-refractivity contribution >= 4 is 16.9 Å². The molecule has 0 unspecified atom stereocenters. The lowest BCUT2D eigenvalue weighted by molar-refractivity contribution is -0.109. The predicted molar refractivity (Wildman–Crippen MR) is 67.7 cm³/mol. The van der Waals surface area contributed by atoms with E-state index in [1.165, 1.54) is 19.1 Å². The molecule has 102 valence electrons. The Labute approximate surface area is 113 Å². The first kappa shape index (κ1) is 15.4. The Balaban J connectivity index is 2.76. The molecule has 0 spiro atoms. The fourth-order valence-electron chi connectivity index (χ4n) is 1.22. The molecule has 0 aliphatic heterocycles. The van der Waals surface area contributed by atoms with E-state index in [1.807, 2.05) is 0 Å². The molecule has 0 aliphatic carbocycles. The first-order valence-electron chi connectivity index (χ1n) is 5.36. The SMILES string of the molecule is CC(=O)SCCC#Cc1c(F)cccc1OC(F)F. The van der Waals surface area contributed by atoms with Gasteiger partial charge < -0.3 is 4.74 Å². The average Bonchev–Trinajstić information content (AvgIpc) is 2.30. The van der Waals surface area contributed by atoms with Gasteiger partial charge >= 0.3 is 6.61 Å². The molecule has 0 saturated heterocycles. The normalized spacial score (nSPS) is 9.95. The van der Waals surface area contributed by atoms with E-state index in [9.17, 15) is 18.0 Å². The van der Waals surface area contributed by atoms with Crippen molar-refractivity contribution < 1.29 is 22.7 Å². The van der Waals surface area contributed by atoms with Gasteiger partial charge in [-0.3, -0.25) is 4.79 Å². The highest BCUT2D eigenvalue weighted by Gasteiger charge is 2.11. The summed E-state index contributed by atoms with van der Waals surface area (Å²) in [5.74, 6) is 4.54. The highest BCUT2D eigenvalue weighted by molar-refractivity contribution is 8.13. The molecule has 0 radical (unpaired) electrons. The van der Waals surface area contributed by atoms with Crippen LogP contribution in [-0.4, -0.2) is 17.5 Å². The maximum absolute atomic E-state index is 13.5. The van der Waals surface area contributed by atoms with Crippen molar-refractivity contribution in [2.45, 2.75) is 20.0 Å². The Kier molecular flexibility index (Phi) is 6.30. The summed E-state index contributed by atoms with van der Waals surface area (Å²) < 4.78 is 41.9. The fourth-order valence-corrected chi connectivity index (χ4v) is 1.71. The van der Waals surface area contributed by atoms with Gasteiger partial charge in [0.15, 0.2) is 5.12 Å². The lowest BCUT2D eigenvalue weighted by Crippen LogP contribution is -2.04. The Morgan fingerprint density at radius 2 is 2.21 bits per heavy atom. The first-order valence-corrected chi connectivity index (χ1v) is 6.35. The number of carbonyl (C=O) groups excluding carboxylic acids is 1. The quantitative estimate of drug-likeness (QED) is 0.627. The molecule has 1 rings (SSSR count). The summed E-state index contributed by atoms with van der Waals surface area (Å²) in [4.78, 5) is 10.7. The smallest absolute Gasteiger partial charge is 0.387 e. The fraction of sp³-hybridized carbons (Fsp3) is 0.308. The molecule has 0 heterocycles. The minimum absolute atomic E-state index is 0.0329. The number of thioether (sulfide) groups is 1. The molecule has 0 aromatic heterocycles. The van der Waals surface area contributed by atoms with Crippen LogP contribution in [0.5, 0.6) is 5.75 Å². The Hall–Kier alpha value is -1.61. The van der Waals surface area contributed by atoms with Crippen LogP contribution in [0, 0.1) is 17.7 Å². The second kappa shape index (κ2) is 7.74. The zero-order chi connectivity index (χ0) is 14.3. The number of rotatable bonds is 4. The van der Waals surface area contributed by atoms with Crippen molar-refractivity contribution in [3.05, 3.63) is 29.6 Å². The van der Waals surface area contributed by atoms with Gasteiger partial charge in [0.2, 0.25) is 0 Å². The first-order chi connectivity index (χ1) is 9.00. The van der Waals surface area contributed by atoms with E-state index in [1.54, 1.807) is 0 Å². The van der Waals surface area contributed by atoms with E-state index < -0.39 is 12.4 Å². The minimum atomic E-state index is -3.03. The number of hydrogen-bond acceptors (Lipinski definition) is 3. The summed E-state index contributed by atoms with van der Waals surface area (Å²) in [7, 11) is 0. The van der Waals surface area contributed by atoms with Gasteiger partial charge in [0, 0.05) is 19.1 Å². The van der Waals surface area contributed by atoms with Crippen LogP contribution in [0.2, 0.25) is 0 Å². The standard InChI is InChI=1S/C13H11F3O2S/c1-9(17)19-8-3-2-5-10-11(14)6-4-7-12(10)18-13(15)16/h4,6-7,13H,3,8H2,1H3. The van der Waals surface area contributed by atoms with Crippen molar-refractivity contribution in [3.8, 4) is 17.6 Å². The zero-order valence-corrected chi connectivity index (χ0v) is 10.9. The number of ether oxygens (including phenoxy) is 1. The molecule has 0 atom stereocenters. The molecule has 0 saturated carbocycles. The Morgan fingerprint density at radius 3 is 2.84 bits per heavy atom. The van der Waals surface area contributed by atoms with Gasteiger partial charge in [0.25, 0.3) is 0 Å². The van der Waals surface area contributed by atoms with Crippen LogP contribution in [0.3, 0.4) is 0 Å². The molecule has 0 aliphatic rings. The molecule has 1 aromatic rings. The molecule has 0 N–H and O–H groups in total. The van der Waals surface area contributed by atoms with Crippen molar-refractivity contribution in [3.63, 3.8) is 0 Å². The molecular weight excluding hydrogens is 277 g/mol. The summed E-state index contributed by atoms with van der Waals surface area (Å²) in [5.41, 5.74) is -0.198. The summed E-state index contributed by atoms with van der Waals surface area (Å²) in [6, 6.07) is 3.61. The van der Waals surface area contributed by atoms with E-state index >= 15 is 0 Å². The molecular formula is C13H11F3O2S. The van der Waals surface area contributed by atoms with Crippen LogP contribution in [0.25, 0.3) is 0 Å². The van der Waals surface area contributed by atoms with Gasteiger partial charge in [-0.05, 0) is 12.1 Å². The van der Waals surface area contributed by atoms with Gasteiger partial charge in [0.1, 0.15) is 17.1 Å². The summed E-state index contributed by atoms with van der Waals surface area (Å²) in [5, 5.41) is -0.0329. The molecule has 0 bridgehead atoms. The van der Waals surface area contributed by atoms with Crippen LogP contribution in [0.4, 0.5) is 13.2 Å². The lowest BCUT2D eigenvalue weighted by Gasteiger charge is -2.06. The van der Waals surface area contributed by atoms with Crippen LogP contribution >= 0.6 is 11.8 Å². The maximum atomic E-state index is 13.5. The third-order valence-corrected chi connectivity index (χ3v) is 2.75. The summed E-state index contributed by atoms with van der Waals surface area (Å²) in [6.07, 6.45) is 0.354. The minimum Gasteiger partial charge on any atom is -0.433 e. The van der Waals surface area contributed by atoms with Gasteiger partial charge in [-0.15, -0.1) is 0 Å². The van der Waals surface area contributed by atoms with Crippen molar-refractivity contribution in [1.82, 2.24) is 0 Å². The maximum Gasteiger partial charge on any atom is 0.387 e. The monoisotopic (exact) mass is 288 g/mol. The number of halogens is 3. The predicted octanol–water partition coefficient (Wildman–Crippen LogP) is 3.45. The topological polar surface area (TPSA) is 26.3 Å². The largest absolute Gasteiger partial charge is 0.433 e. The van der Waals surface area contributed by atoms with Crippen LogP contribution in [0.15, 0.2) is 18.2 Å². The number of benzene rings is 1. The van der Waals surface area contributed by atoms with E-state index in [0.717, 1.165) is 17.8 Å². The third-order valence-electron chi connectivity index (χ3n) is 1.94. The van der Waals surface area contributed by atoms with E-state index in [-0.39, 0.29) is 16.4 Å². The molecule has 0 amide bonds. The number of alkyl halides is 2. The van der Waals surface area contributed by atoms with E-state index in [4.69, 9.17) is 0 Å². The van der Waals surface area contributed by atoms with Gasteiger partial charge in [-0.25, -0.2) is 4.39 Å². The highest BCUT2D eigenvalue weighted by Crippen LogP contribution is 2.22. The molecule has 0 fully saturated rings. The van der Waals surface area contributed by atoms with E-state index in [0.29, 0.717) is 12.2 Å². The lowest BCUT2D eigenvalue weighted by atomic mass is 10.2. The van der Waals surface area contributed by atoms with Crippen molar-refractivity contribution in [2.24, 2.45) is 0 Å². The number of hydrogen-bond donors (Lipinski definition) is 0. The van der Waals surface area contributed by atoms with Crippen molar-refractivity contribution in [2.75, 3.05) is 5.75 Å². The van der Waals surface area contributed by atoms with Crippen LogP contribution in [-0.2, 0) is 4.79 Å². The molecule has 19 heavy (non-hydrogen) atoms. The van der Waals surface area contributed by atoms with Gasteiger partial charge in [-0.2, -0.15) is 8.78 Å². The van der Waals surface area contributed by atoms with Crippen LogP contribution < -0.4 is 4.74 Å². The Morgan fingerprint density at radius 1 is 1.47 bits per heavy atom. The van der Waals surface area contributed by atoms with Gasteiger partial charge in [-0.1, -0.05) is 29.7 Å². The van der Waals surface area contributed by atoms with Crippen molar-refractivity contribution in [1.29, 1.82) is 0 Å². The third kappa shape index (κ3) is 5.71. The second-order valence-electron chi connectivity index (χ2n) is 3.38. The Bertz CT molecular complexity index is 506.